The van der Waals surface area contributed by atoms with Crippen LogP contribution >= 0.6 is 0 Å². The van der Waals surface area contributed by atoms with Crippen LogP contribution in [-0.2, 0) is 0 Å². The molecule has 23 heavy (non-hydrogen) atoms. The predicted octanol–water partition coefficient (Wildman–Crippen LogP) is 2.58. The van der Waals surface area contributed by atoms with Crippen molar-refractivity contribution in [3.05, 3.63) is 36.5 Å². The minimum Gasteiger partial charge on any atom is -0.497 e. The van der Waals surface area contributed by atoms with Crippen molar-refractivity contribution >= 4 is 5.91 Å². The van der Waals surface area contributed by atoms with E-state index in [4.69, 9.17) is 4.74 Å². The van der Waals surface area contributed by atoms with Gasteiger partial charge in [-0.15, -0.1) is 0 Å². The molecule has 0 aliphatic heterocycles. The summed E-state index contributed by atoms with van der Waals surface area (Å²) in [5, 5.41) is 3.10. The molecule has 0 atom stereocenters. The lowest BCUT2D eigenvalue weighted by molar-refractivity contribution is 0.0917. The van der Waals surface area contributed by atoms with Crippen molar-refractivity contribution in [3.63, 3.8) is 0 Å². The molecule has 122 valence electrons. The molecule has 0 saturated heterocycles. The second kappa shape index (κ2) is 6.81. The first-order valence-electron chi connectivity index (χ1n) is 8.01. The number of aromatic nitrogens is 3. The van der Waals surface area contributed by atoms with Gasteiger partial charge in [0, 0.05) is 30.6 Å². The summed E-state index contributed by atoms with van der Waals surface area (Å²) in [6, 6.07) is 3.69. The minimum absolute atomic E-state index is 0.148. The third kappa shape index (κ3) is 3.70. The van der Waals surface area contributed by atoms with E-state index in [1.165, 1.54) is 0 Å². The zero-order valence-corrected chi connectivity index (χ0v) is 13.5. The topological polar surface area (TPSA) is 69.0 Å². The van der Waals surface area contributed by atoms with Gasteiger partial charge in [0.05, 0.1) is 7.11 Å². The first-order chi connectivity index (χ1) is 11.2. The molecule has 0 aromatic carbocycles. The largest absolute Gasteiger partial charge is 0.497 e. The molecular weight excluding hydrogens is 292 g/mol. The average Bonchev–Trinajstić information content (AvgIpc) is 3.11. The molecule has 1 amide bonds. The van der Waals surface area contributed by atoms with Gasteiger partial charge in [0.2, 0.25) is 0 Å². The molecule has 2 aromatic heterocycles. The van der Waals surface area contributed by atoms with Crippen LogP contribution in [0.5, 0.6) is 5.75 Å². The molecule has 0 bridgehead atoms. The van der Waals surface area contributed by atoms with E-state index in [2.05, 4.69) is 22.2 Å². The van der Waals surface area contributed by atoms with E-state index in [0.717, 1.165) is 31.6 Å². The Morgan fingerprint density at radius 3 is 2.74 bits per heavy atom. The van der Waals surface area contributed by atoms with Crippen molar-refractivity contribution in [2.75, 3.05) is 7.11 Å². The second-order valence-electron chi connectivity index (χ2n) is 6.15. The summed E-state index contributed by atoms with van der Waals surface area (Å²) >= 11 is 0. The monoisotopic (exact) mass is 314 g/mol. The summed E-state index contributed by atoms with van der Waals surface area (Å²) in [5.74, 6) is 1.83. The average molecular weight is 314 g/mol. The van der Waals surface area contributed by atoms with Gasteiger partial charge >= 0.3 is 0 Å². The van der Waals surface area contributed by atoms with E-state index < -0.39 is 0 Å². The van der Waals surface area contributed by atoms with Crippen LogP contribution in [0.15, 0.2) is 30.9 Å². The molecule has 6 nitrogen and oxygen atoms in total. The fraction of sp³-hybridized carbons (Fsp3) is 0.471. The lowest BCUT2D eigenvalue weighted by atomic mass is 9.87. The summed E-state index contributed by atoms with van der Waals surface area (Å²) in [5.41, 5.74) is 0.367. The van der Waals surface area contributed by atoms with Crippen molar-refractivity contribution in [1.29, 1.82) is 0 Å². The number of carbonyl (C=O) groups is 1. The summed E-state index contributed by atoms with van der Waals surface area (Å²) in [7, 11) is 1.58. The highest BCUT2D eigenvalue weighted by Gasteiger charge is 2.21. The molecule has 0 unspecified atom stereocenters. The lowest BCUT2D eigenvalue weighted by Crippen LogP contribution is -2.37. The number of ether oxygens (including phenoxy) is 1. The molecule has 1 fully saturated rings. The Morgan fingerprint density at radius 1 is 1.30 bits per heavy atom. The SMILES string of the molecule is COc1cc(C(=O)N[C@H]2CC[C@H](C)CC2)nc(-n2ccnc2)c1. The normalized spacial score (nSPS) is 21.0. The van der Waals surface area contributed by atoms with Crippen LogP contribution in [0.3, 0.4) is 0 Å². The number of rotatable bonds is 4. The number of methoxy groups -OCH3 is 1. The van der Waals surface area contributed by atoms with Gasteiger partial charge in [-0.25, -0.2) is 9.97 Å². The first kappa shape index (κ1) is 15.5. The lowest BCUT2D eigenvalue weighted by Gasteiger charge is -2.26. The quantitative estimate of drug-likeness (QED) is 0.942. The molecule has 3 rings (SSSR count). The summed E-state index contributed by atoms with van der Waals surface area (Å²) in [4.78, 5) is 21.0. The third-order valence-corrected chi connectivity index (χ3v) is 4.37. The Hall–Kier alpha value is -2.37. The molecule has 1 N–H and O–H groups in total. The van der Waals surface area contributed by atoms with Gasteiger partial charge in [0.1, 0.15) is 23.6 Å². The third-order valence-electron chi connectivity index (χ3n) is 4.37. The van der Waals surface area contributed by atoms with Crippen molar-refractivity contribution in [2.45, 2.75) is 38.6 Å². The van der Waals surface area contributed by atoms with Crippen LogP contribution in [0.4, 0.5) is 0 Å². The smallest absolute Gasteiger partial charge is 0.270 e. The zero-order chi connectivity index (χ0) is 16.2. The van der Waals surface area contributed by atoms with Crippen LogP contribution in [0.2, 0.25) is 0 Å². The van der Waals surface area contributed by atoms with Gasteiger partial charge < -0.3 is 10.1 Å². The van der Waals surface area contributed by atoms with E-state index in [-0.39, 0.29) is 11.9 Å². The van der Waals surface area contributed by atoms with Crippen LogP contribution in [0.1, 0.15) is 43.1 Å². The summed E-state index contributed by atoms with van der Waals surface area (Å²) < 4.78 is 7.05. The Bertz CT molecular complexity index is 661. The van der Waals surface area contributed by atoms with Gasteiger partial charge in [-0.1, -0.05) is 6.92 Å². The van der Waals surface area contributed by atoms with Crippen LogP contribution in [-0.4, -0.2) is 33.6 Å². The minimum atomic E-state index is -0.148. The van der Waals surface area contributed by atoms with Gasteiger partial charge in [-0.2, -0.15) is 0 Å². The maximum atomic E-state index is 12.5. The van der Waals surface area contributed by atoms with Crippen molar-refractivity contribution in [3.8, 4) is 11.6 Å². The Kier molecular flexibility index (Phi) is 4.60. The van der Waals surface area contributed by atoms with Gasteiger partial charge in [0.25, 0.3) is 5.91 Å². The summed E-state index contributed by atoms with van der Waals surface area (Å²) in [6.45, 7) is 2.26. The Morgan fingerprint density at radius 2 is 2.09 bits per heavy atom. The Balaban J connectivity index is 1.78. The number of imidazole rings is 1. The molecule has 2 aromatic rings. The molecule has 1 saturated carbocycles. The molecule has 6 heteroatoms. The number of pyridine rings is 1. The van der Waals surface area contributed by atoms with Crippen LogP contribution in [0, 0.1) is 5.92 Å². The van der Waals surface area contributed by atoms with E-state index >= 15 is 0 Å². The van der Waals surface area contributed by atoms with Crippen LogP contribution in [0.25, 0.3) is 5.82 Å². The van der Waals surface area contributed by atoms with Crippen LogP contribution < -0.4 is 10.1 Å². The molecule has 1 aliphatic carbocycles. The zero-order valence-electron chi connectivity index (χ0n) is 13.5. The van der Waals surface area contributed by atoms with E-state index in [1.54, 1.807) is 42.5 Å². The van der Waals surface area contributed by atoms with Gasteiger partial charge in [0.15, 0.2) is 0 Å². The van der Waals surface area contributed by atoms with Crippen molar-refractivity contribution in [1.82, 2.24) is 19.9 Å². The fourth-order valence-corrected chi connectivity index (χ4v) is 2.92. The molecular formula is C17H22N4O2. The highest BCUT2D eigenvalue weighted by atomic mass is 16.5. The number of hydrogen-bond donors (Lipinski definition) is 1. The number of amides is 1. The number of carbonyl (C=O) groups excluding carboxylic acids is 1. The highest BCUT2D eigenvalue weighted by Crippen LogP contribution is 2.24. The first-order valence-corrected chi connectivity index (χ1v) is 8.01. The van der Waals surface area contributed by atoms with Gasteiger partial charge in [-0.3, -0.25) is 9.36 Å². The van der Waals surface area contributed by atoms with Gasteiger partial charge in [-0.05, 0) is 31.6 Å². The van der Waals surface area contributed by atoms with E-state index in [9.17, 15) is 4.79 Å². The maximum absolute atomic E-state index is 12.5. The van der Waals surface area contributed by atoms with E-state index in [1.807, 2.05) is 0 Å². The predicted molar refractivity (Wildman–Crippen MR) is 86.8 cm³/mol. The number of nitrogens with zero attached hydrogens (tertiary/aromatic N) is 3. The molecule has 0 spiro atoms. The summed E-state index contributed by atoms with van der Waals surface area (Å²) in [6.07, 6.45) is 9.49. The van der Waals surface area contributed by atoms with Crippen molar-refractivity contribution in [2.24, 2.45) is 5.92 Å². The Labute approximate surface area is 135 Å². The van der Waals surface area contributed by atoms with Crippen molar-refractivity contribution < 1.29 is 9.53 Å². The standard InChI is InChI=1S/C17H22N4O2/c1-12-3-5-13(6-4-12)19-17(22)15-9-14(23-2)10-16(20-15)21-8-7-18-11-21/h7-13H,3-6H2,1-2H3,(H,19,22)/t12-,13-. The number of nitrogens with one attached hydrogen (secondary N) is 1. The highest BCUT2D eigenvalue weighted by molar-refractivity contribution is 5.93. The number of hydrogen-bond acceptors (Lipinski definition) is 4. The fourth-order valence-electron chi connectivity index (χ4n) is 2.92. The molecule has 1 aliphatic rings. The maximum Gasteiger partial charge on any atom is 0.270 e. The second-order valence-corrected chi connectivity index (χ2v) is 6.15. The molecule has 2 heterocycles. The molecule has 0 radical (unpaired) electrons. The van der Waals surface area contributed by atoms with E-state index in [0.29, 0.717) is 17.3 Å².